The highest BCUT2D eigenvalue weighted by molar-refractivity contribution is 6.02. The molecule has 0 saturated carbocycles. The zero-order valence-electron chi connectivity index (χ0n) is 10.8. The Balaban J connectivity index is 1.75. The summed E-state index contributed by atoms with van der Waals surface area (Å²) in [5.41, 5.74) is 1.14. The number of aromatic nitrogens is 2. The minimum atomic E-state index is -0.377. The summed E-state index contributed by atoms with van der Waals surface area (Å²) in [4.78, 5) is 20.0. The van der Waals surface area contributed by atoms with Crippen molar-refractivity contribution in [2.45, 2.75) is 0 Å². The van der Waals surface area contributed by atoms with Crippen molar-refractivity contribution in [3.05, 3.63) is 66.6 Å². The second-order valence-corrected chi connectivity index (χ2v) is 4.23. The summed E-state index contributed by atoms with van der Waals surface area (Å²) in [7, 11) is 0. The summed E-state index contributed by atoms with van der Waals surface area (Å²) in [6.07, 6.45) is 4.38. The third-order valence-electron chi connectivity index (χ3n) is 2.76. The van der Waals surface area contributed by atoms with Gasteiger partial charge < -0.3 is 9.73 Å². The van der Waals surface area contributed by atoms with Crippen LogP contribution in [0, 0.1) is 5.82 Å². The van der Waals surface area contributed by atoms with Gasteiger partial charge in [0.05, 0.1) is 24.3 Å². The van der Waals surface area contributed by atoms with Crippen molar-refractivity contribution in [1.82, 2.24) is 9.97 Å². The quantitative estimate of drug-likeness (QED) is 0.801. The molecule has 1 N–H and O–H groups in total. The van der Waals surface area contributed by atoms with Crippen molar-refractivity contribution >= 4 is 11.6 Å². The number of hydrogen-bond donors (Lipinski definition) is 1. The number of benzene rings is 1. The molecule has 2 aromatic heterocycles. The van der Waals surface area contributed by atoms with Gasteiger partial charge in [0.1, 0.15) is 5.82 Å². The standard InChI is InChI=1S/C15H10FN3O2/c16-11-5-3-10(4-6-11)14-17-8-12(9-18-14)19-15(20)13-2-1-7-21-13/h1-9H,(H,19,20). The van der Waals surface area contributed by atoms with Crippen molar-refractivity contribution in [2.75, 3.05) is 5.32 Å². The number of halogens is 1. The van der Waals surface area contributed by atoms with Crippen LogP contribution in [0.5, 0.6) is 0 Å². The van der Waals surface area contributed by atoms with E-state index in [1.54, 1.807) is 24.3 Å². The highest BCUT2D eigenvalue weighted by Gasteiger charge is 2.09. The number of carbonyl (C=O) groups is 1. The van der Waals surface area contributed by atoms with Gasteiger partial charge in [-0.15, -0.1) is 0 Å². The summed E-state index contributed by atoms with van der Waals surface area (Å²) in [5.74, 6) is -0.0391. The Bertz CT molecular complexity index is 738. The predicted octanol–water partition coefficient (Wildman–Crippen LogP) is 3.13. The number of anilines is 1. The summed E-state index contributed by atoms with van der Waals surface area (Å²) >= 11 is 0. The number of nitrogens with zero attached hydrogens (tertiary/aromatic N) is 2. The summed E-state index contributed by atoms with van der Waals surface area (Å²) in [6, 6.07) is 9.04. The molecule has 21 heavy (non-hydrogen) atoms. The molecule has 0 aliphatic heterocycles. The first-order chi connectivity index (χ1) is 10.2. The first kappa shape index (κ1) is 13.0. The third kappa shape index (κ3) is 2.94. The SMILES string of the molecule is O=C(Nc1cnc(-c2ccc(F)cc2)nc1)c1ccco1. The van der Waals surface area contributed by atoms with Crippen LogP contribution >= 0.6 is 0 Å². The number of rotatable bonds is 3. The zero-order chi connectivity index (χ0) is 14.7. The van der Waals surface area contributed by atoms with Gasteiger partial charge in [-0.05, 0) is 36.4 Å². The first-order valence-electron chi connectivity index (χ1n) is 6.15. The van der Waals surface area contributed by atoms with E-state index in [-0.39, 0.29) is 17.5 Å². The highest BCUT2D eigenvalue weighted by Crippen LogP contribution is 2.16. The predicted molar refractivity (Wildman–Crippen MR) is 74.1 cm³/mol. The number of carbonyl (C=O) groups excluding carboxylic acids is 1. The lowest BCUT2D eigenvalue weighted by Crippen LogP contribution is -2.11. The highest BCUT2D eigenvalue weighted by atomic mass is 19.1. The second kappa shape index (κ2) is 5.54. The van der Waals surface area contributed by atoms with E-state index in [1.807, 2.05) is 0 Å². The Kier molecular flexibility index (Phi) is 3.42. The van der Waals surface area contributed by atoms with Gasteiger partial charge >= 0.3 is 0 Å². The molecule has 2 heterocycles. The third-order valence-corrected chi connectivity index (χ3v) is 2.76. The van der Waals surface area contributed by atoms with Crippen molar-refractivity contribution in [2.24, 2.45) is 0 Å². The Morgan fingerprint density at radius 1 is 1.10 bits per heavy atom. The topological polar surface area (TPSA) is 68.0 Å². The van der Waals surface area contributed by atoms with Gasteiger partial charge in [-0.25, -0.2) is 14.4 Å². The molecule has 0 unspecified atom stereocenters. The molecule has 0 atom stereocenters. The maximum atomic E-state index is 12.8. The molecule has 0 aliphatic rings. The number of hydrogen-bond acceptors (Lipinski definition) is 4. The minimum absolute atomic E-state index is 0.206. The van der Waals surface area contributed by atoms with E-state index in [9.17, 15) is 9.18 Å². The molecule has 0 spiro atoms. The molecule has 0 radical (unpaired) electrons. The first-order valence-corrected chi connectivity index (χ1v) is 6.15. The monoisotopic (exact) mass is 283 g/mol. The van der Waals surface area contributed by atoms with Gasteiger partial charge in [0, 0.05) is 5.56 Å². The van der Waals surface area contributed by atoms with Gasteiger partial charge in [0.25, 0.3) is 5.91 Å². The average Bonchev–Trinajstić information content (AvgIpc) is 3.03. The summed E-state index contributed by atoms with van der Waals surface area (Å²) in [6.45, 7) is 0. The Labute approximate surface area is 119 Å². The molecule has 0 fully saturated rings. The molecule has 104 valence electrons. The van der Waals surface area contributed by atoms with E-state index < -0.39 is 0 Å². The smallest absolute Gasteiger partial charge is 0.291 e. The fourth-order valence-electron chi connectivity index (χ4n) is 1.74. The van der Waals surface area contributed by atoms with E-state index in [4.69, 9.17) is 4.42 Å². The van der Waals surface area contributed by atoms with Crippen LogP contribution in [0.15, 0.2) is 59.5 Å². The molecule has 0 aliphatic carbocycles. The van der Waals surface area contributed by atoms with Crippen molar-refractivity contribution in [3.8, 4) is 11.4 Å². The van der Waals surface area contributed by atoms with Gasteiger partial charge in [0.15, 0.2) is 11.6 Å². The average molecular weight is 283 g/mol. The Morgan fingerprint density at radius 2 is 1.81 bits per heavy atom. The normalized spacial score (nSPS) is 10.3. The van der Waals surface area contributed by atoms with Crippen LogP contribution in [0.25, 0.3) is 11.4 Å². The summed E-state index contributed by atoms with van der Waals surface area (Å²) < 4.78 is 17.8. The van der Waals surface area contributed by atoms with Crippen LogP contribution in [0.1, 0.15) is 10.6 Å². The molecule has 5 nitrogen and oxygen atoms in total. The van der Waals surface area contributed by atoms with Crippen LogP contribution in [0.3, 0.4) is 0 Å². The maximum absolute atomic E-state index is 12.8. The molecule has 0 bridgehead atoms. The lowest BCUT2D eigenvalue weighted by molar-refractivity contribution is 0.0996. The Hall–Kier alpha value is -3.02. The minimum Gasteiger partial charge on any atom is -0.459 e. The van der Waals surface area contributed by atoms with Crippen LogP contribution in [0.4, 0.5) is 10.1 Å². The molecule has 3 aromatic rings. The Morgan fingerprint density at radius 3 is 2.43 bits per heavy atom. The van der Waals surface area contributed by atoms with Crippen LogP contribution < -0.4 is 5.32 Å². The number of amides is 1. The van der Waals surface area contributed by atoms with Crippen molar-refractivity contribution < 1.29 is 13.6 Å². The van der Waals surface area contributed by atoms with Crippen LogP contribution in [0.2, 0.25) is 0 Å². The molecule has 3 rings (SSSR count). The van der Waals surface area contributed by atoms with E-state index in [2.05, 4.69) is 15.3 Å². The largest absolute Gasteiger partial charge is 0.459 e. The maximum Gasteiger partial charge on any atom is 0.291 e. The van der Waals surface area contributed by atoms with Gasteiger partial charge in [-0.2, -0.15) is 0 Å². The molecule has 6 heteroatoms. The van der Waals surface area contributed by atoms with Crippen LogP contribution in [-0.4, -0.2) is 15.9 Å². The molecule has 1 amide bonds. The number of furan rings is 1. The molecule has 0 saturated heterocycles. The molecular weight excluding hydrogens is 273 g/mol. The fourth-order valence-corrected chi connectivity index (χ4v) is 1.74. The lowest BCUT2D eigenvalue weighted by Gasteiger charge is -2.04. The van der Waals surface area contributed by atoms with E-state index in [0.717, 1.165) is 0 Å². The number of nitrogens with one attached hydrogen (secondary N) is 1. The van der Waals surface area contributed by atoms with E-state index >= 15 is 0 Å². The van der Waals surface area contributed by atoms with Crippen molar-refractivity contribution in [3.63, 3.8) is 0 Å². The molecular formula is C15H10FN3O2. The van der Waals surface area contributed by atoms with Gasteiger partial charge in [-0.1, -0.05) is 0 Å². The van der Waals surface area contributed by atoms with E-state index in [1.165, 1.54) is 30.8 Å². The second-order valence-electron chi connectivity index (χ2n) is 4.23. The zero-order valence-corrected chi connectivity index (χ0v) is 10.8. The van der Waals surface area contributed by atoms with E-state index in [0.29, 0.717) is 17.1 Å². The summed E-state index contributed by atoms with van der Waals surface area (Å²) in [5, 5.41) is 2.61. The van der Waals surface area contributed by atoms with Crippen LogP contribution in [-0.2, 0) is 0 Å². The fraction of sp³-hybridized carbons (Fsp3) is 0. The molecule has 1 aromatic carbocycles. The lowest BCUT2D eigenvalue weighted by atomic mass is 10.2. The van der Waals surface area contributed by atoms with Crippen molar-refractivity contribution in [1.29, 1.82) is 0 Å². The van der Waals surface area contributed by atoms with Gasteiger partial charge in [-0.3, -0.25) is 4.79 Å². The van der Waals surface area contributed by atoms with Gasteiger partial charge in [0.2, 0.25) is 0 Å².